The summed E-state index contributed by atoms with van der Waals surface area (Å²) in [6, 6.07) is 17.6. The molecular formula is C27H28ClN3O3S. The maximum Gasteiger partial charge on any atom is 0.417 e. The fraction of sp³-hybridized carbons (Fsp3) is 0.296. The molecule has 0 fully saturated rings. The molecule has 0 aliphatic carbocycles. The molecule has 0 spiro atoms. The van der Waals surface area contributed by atoms with Gasteiger partial charge in [0.2, 0.25) is 5.06 Å². The van der Waals surface area contributed by atoms with Gasteiger partial charge in [-0.15, -0.1) is 0 Å². The van der Waals surface area contributed by atoms with E-state index in [-0.39, 0.29) is 0 Å². The monoisotopic (exact) mass is 509 g/mol. The molecular weight excluding hydrogens is 482 g/mol. The van der Waals surface area contributed by atoms with Crippen LogP contribution in [0.25, 0.3) is 22.0 Å². The number of anilines is 1. The number of hydrogen-bond acceptors (Lipinski definition) is 6. The van der Waals surface area contributed by atoms with Crippen LogP contribution < -0.4 is 9.64 Å². The third kappa shape index (κ3) is 5.92. The SMILES string of the molecule is CC(C)(C)OC(=O)N(c1nc(-c2ccc3ccccc3c2)c(Oc2ccnc(Cl)c2)s1)C(C)(C)C. The molecule has 0 N–H and O–H groups in total. The molecule has 8 heteroatoms. The van der Waals surface area contributed by atoms with E-state index in [2.05, 4.69) is 23.2 Å². The molecule has 0 saturated carbocycles. The first-order valence-electron chi connectivity index (χ1n) is 11.2. The first-order valence-corrected chi connectivity index (χ1v) is 12.4. The molecule has 1 amide bonds. The molecule has 0 bridgehead atoms. The second-order valence-corrected chi connectivity index (χ2v) is 11.4. The van der Waals surface area contributed by atoms with Gasteiger partial charge >= 0.3 is 6.09 Å². The third-order valence-corrected chi connectivity index (χ3v) is 6.08. The lowest BCUT2D eigenvalue weighted by Gasteiger charge is -2.34. The van der Waals surface area contributed by atoms with E-state index < -0.39 is 17.2 Å². The minimum absolute atomic E-state index is 0.324. The van der Waals surface area contributed by atoms with Crippen molar-refractivity contribution in [3.8, 4) is 22.1 Å². The summed E-state index contributed by atoms with van der Waals surface area (Å²) in [6.45, 7) is 11.4. The summed E-state index contributed by atoms with van der Waals surface area (Å²) in [6.07, 6.45) is 1.11. The Morgan fingerprint density at radius 1 is 0.971 bits per heavy atom. The molecule has 4 aromatic rings. The van der Waals surface area contributed by atoms with Crippen LogP contribution in [-0.2, 0) is 4.74 Å². The molecule has 4 rings (SSSR count). The van der Waals surface area contributed by atoms with Crippen molar-refractivity contribution in [2.75, 3.05) is 4.90 Å². The second kappa shape index (κ2) is 9.47. The van der Waals surface area contributed by atoms with Gasteiger partial charge in [-0.05, 0) is 64.4 Å². The lowest BCUT2D eigenvalue weighted by Crippen LogP contribution is -2.48. The van der Waals surface area contributed by atoms with Crippen molar-refractivity contribution >= 4 is 44.9 Å². The number of benzene rings is 2. The number of carbonyl (C=O) groups excluding carboxylic acids is 1. The Labute approximate surface area is 214 Å². The number of hydrogen-bond donors (Lipinski definition) is 0. The van der Waals surface area contributed by atoms with E-state index >= 15 is 0 Å². The first-order chi connectivity index (χ1) is 16.4. The minimum atomic E-state index is -0.647. The number of ether oxygens (including phenoxy) is 2. The zero-order chi connectivity index (χ0) is 25.4. The van der Waals surface area contributed by atoms with Crippen LogP contribution in [0, 0.1) is 0 Å². The number of pyridine rings is 1. The standard InChI is InChI=1S/C27H28ClN3O3S/c1-26(2,3)31(25(32)34-27(4,5)6)24-30-22(19-12-11-17-9-7-8-10-18(17)15-19)23(35-24)33-20-13-14-29-21(28)16-20/h7-16H,1-6H3. The molecule has 0 unspecified atom stereocenters. The Morgan fingerprint density at radius 2 is 1.69 bits per heavy atom. The molecule has 2 aromatic heterocycles. The smallest absolute Gasteiger partial charge is 0.417 e. The van der Waals surface area contributed by atoms with Crippen LogP contribution >= 0.6 is 22.9 Å². The quantitative estimate of drug-likeness (QED) is 0.258. The van der Waals surface area contributed by atoms with Crippen LogP contribution in [0.4, 0.5) is 9.93 Å². The summed E-state index contributed by atoms with van der Waals surface area (Å²) >= 11 is 7.36. The third-order valence-electron chi connectivity index (χ3n) is 4.95. The summed E-state index contributed by atoms with van der Waals surface area (Å²) in [7, 11) is 0. The van der Waals surface area contributed by atoms with Crippen LogP contribution in [-0.4, -0.2) is 27.2 Å². The van der Waals surface area contributed by atoms with Gasteiger partial charge < -0.3 is 9.47 Å². The van der Waals surface area contributed by atoms with Crippen molar-refractivity contribution in [1.29, 1.82) is 0 Å². The lowest BCUT2D eigenvalue weighted by molar-refractivity contribution is 0.0550. The van der Waals surface area contributed by atoms with Crippen molar-refractivity contribution in [2.45, 2.75) is 52.7 Å². The molecule has 35 heavy (non-hydrogen) atoms. The number of rotatable bonds is 4. The van der Waals surface area contributed by atoms with Crippen LogP contribution in [0.1, 0.15) is 41.5 Å². The number of fused-ring (bicyclic) bond motifs is 1. The largest absolute Gasteiger partial charge is 0.444 e. The predicted molar refractivity (Wildman–Crippen MR) is 143 cm³/mol. The average molecular weight is 510 g/mol. The fourth-order valence-corrected chi connectivity index (χ4v) is 4.79. The highest BCUT2D eigenvalue weighted by atomic mass is 35.5. The van der Waals surface area contributed by atoms with E-state index in [1.165, 1.54) is 11.3 Å². The molecule has 0 aliphatic heterocycles. The highest BCUT2D eigenvalue weighted by Crippen LogP contribution is 2.44. The van der Waals surface area contributed by atoms with Gasteiger partial charge in [0.15, 0.2) is 5.13 Å². The number of carbonyl (C=O) groups is 1. The van der Waals surface area contributed by atoms with Crippen molar-refractivity contribution in [3.63, 3.8) is 0 Å². The summed E-state index contributed by atoms with van der Waals surface area (Å²) in [4.78, 5) is 23.7. The van der Waals surface area contributed by atoms with E-state index in [4.69, 9.17) is 26.1 Å². The van der Waals surface area contributed by atoms with Gasteiger partial charge in [0, 0.05) is 23.4 Å². The fourth-order valence-electron chi connectivity index (χ4n) is 3.48. The Bertz CT molecular complexity index is 1370. The van der Waals surface area contributed by atoms with Crippen molar-refractivity contribution in [3.05, 3.63) is 65.9 Å². The summed E-state index contributed by atoms with van der Waals surface area (Å²) in [5, 5.41) is 3.54. The van der Waals surface area contributed by atoms with Crippen LogP contribution in [0.3, 0.4) is 0 Å². The van der Waals surface area contributed by atoms with Gasteiger partial charge in [0.1, 0.15) is 22.2 Å². The van der Waals surface area contributed by atoms with Gasteiger partial charge in [-0.2, -0.15) is 0 Å². The van der Waals surface area contributed by atoms with Crippen molar-refractivity contribution in [1.82, 2.24) is 9.97 Å². The normalized spacial score (nSPS) is 12.0. The highest BCUT2D eigenvalue weighted by Gasteiger charge is 2.35. The number of thiazole rings is 1. The maximum absolute atomic E-state index is 13.2. The minimum Gasteiger partial charge on any atom is -0.444 e. The van der Waals surface area contributed by atoms with E-state index in [9.17, 15) is 4.79 Å². The second-order valence-electron chi connectivity index (χ2n) is 10.1. The predicted octanol–water partition coefficient (Wildman–Crippen LogP) is 8.34. The van der Waals surface area contributed by atoms with Gasteiger partial charge in [-0.25, -0.2) is 19.7 Å². The molecule has 6 nitrogen and oxygen atoms in total. The Kier molecular flexibility index (Phi) is 6.75. The number of nitrogens with zero attached hydrogens (tertiary/aromatic N) is 3. The zero-order valence-electron chi connectivity index (χ0n) is 20.6. The van der Waals surface area contributed by atoms with Crippen molar-refractivity contribution < 1.29 is 14.3 Å². The first kappa shape index (κ1) is 24.9. The summed E-state index contributed by atoms with van der Waals surface area (Å²) < 4.78 is 11.9. The van der Waals surface area contributed by atoms with Gasteiger partial charge in [0.25, 0.3) is 0 Å². The van der Waals surface area contributed by atoms with Gasteiger partial charge in [0.05, 0.1) is 0 Å². The number of halogens is 1. The van der Waals surface area contributed by atoms with E-state index in [1.54, 1.807) is 23.2 Å². The Balaban J connectivity index is 1.85. The summed E-state index contributed by atoms with van der Waals surface area (Å²) in [5.41, 5.74) is 0.269. The maximum atomic E-state index is 13.2. The topological polar surface area (TPSA) is 64.5 Å². The molecule has 0 aliphatic rings. The van der Waals surface area contributed by atoms with Crippen LogP contribution in [0.15, 0.2) is 60.8 Å². The molecule has 0 atom stereocenters. The lowest BCUT2D eigenvalue weighted by atomic mass is 10.1. The zero-order valence-corrected chi connectivity index (χ0v) is 22.2. The average Bonchev–Trinajstić information content (AvgIpc) is 3.13. The molecule has 0 radical (unpaired) electrons. The molecule has 0 saturated heterocycles. The van der Waals surface area contributed by atoms with E-state index in [0.29, 0.717) is 26.8 Å². The van der Waals surface area contributed by atoms with E-state index in [0.717, 1.165) is 16.3 Å². The Hall–Kier alpha value is -3.16. The number of aromatic nitrogens is 2. The van der Waals surface area contributed by atoms with Gasteiger partial charge in [-0.3, -0.25) is 0 Å². The molecule has 182 valence electrons. The summed E-state index contributed by atoms with van der Waals surface area (Å²) in [5.74, 6) is 0.529. The van der Waals surface area contributed by atoms with Gasteiger partial charge in [-0.1, -0.05) is 59.3 Å². The molecule has 2 aromatic carbocycles. The highest BCUT2D eigenvalue weighted by molar-refractivity contribution is 7.18. The van der Waals surface area contributed by atoms with Crippen LogP contribution in [0.2, 0.25) is 5.15 Å². The number of amides is 1. The molecule has 2 heterocycles. The van der Waals surface area contributed by atoms with Crippen LogP contribution in [0.5, 0.6) is 10.8 Å². The van der Waals surface area contributed by atoms with Crippen molar-refractivity contribution in [2.24, 2.45) is 0 Å². The van der Waals surface area contributed by atoms with E-state index in [1.807, 2.05) is 65.8 Å². The Morgan fingerprint density at radius 3 is 2.34 bits per heavy atom.